The van der Waals surface area contributed by atoms with Crippen LogP contribution in [0.25, 0.3) is 0 Å². The smallest absolute Gasteiger partial charge is 0.0295 e. The number of aryl methyl sites for hydroxylation is 1. The zero-order valence-corrected chi connectivity index (χ0v) is 14.5. The molecule has 0 spiro atoms. The Morgan fingerprint density at radius 1 is 1.37 bits per heavy atom. The van der Waals surface area contributed by atoms with Crippen molar-refractivity contribution < 1.29 is 0 Å². The minimum absolute atomic E-state index is 0.664. The Labute approximate surface area is 130 Å². The second kappa shape index (κ2) is 7.96. The number of hydrogen-bond acceptors (Lipinski definition) is 4. The third-order valence-corrected chi connectivity index (χ3v) is 8.10. The molecule has 0 amide bonds. The fourth-order valence-corrected chi connectivity index (χ4v) is 6.33. The maximum Gasteiger partial charge on any atom is 0.0295 e. The van der Waals surface area contributed by atoms with Crippen molar-refractivity contribution in [1.82, 2.24) is 5.32 Å². The summed E-state index contributed by atoms with van der Waals surface area (Å²) >= 11 is 6.16. The number of thiophene rings is 1. The highest BCUT2D eigenvalue weighted by Crippen LogP contribution is 2.37. The molecule has 1 fully saturated rings. The van der Waals surface area contributed by atoms with Gasteiger partial charge in [-0.1, -0.05) is 20.8 Å². The van der Waals surface area contributed by atoms with Gasteiger partial charge < -0.3 is 5.32 Å². The summed E-state index contributed by atoms with van der Waals surface area (Å²) in [5.74, 6) is 1.30. The Hall–Kier alpha value is 0.360. The zero-order chi connectivity index (χ0) is 13.7. The van der Waals surface area contributed by atoms with E-state index >= 15 is 0 Å². The molecule has 1 N–H and O–H groups in total. The van der Waals surface area contributed by atoms with E-state index in [0.29, 0.717) is 6.04 Å². The van der Waals surface area contributed by atoms with Crippen LogP contribution in [-0.2, 0) is 6.42 Å². The lowest BCUT2D eigenvalue weighted by Gasteiger charge is -2.36. The van der Waals surface area contributed by atoms with Crippen molar-refractivity contribution in [2.45, 2.75) is 55.4 Å². The highest BCUT2D eigenvalue weighted by Gasteiger charge is 2.30. The van der Waals surface area contributed by atoms with Crippen LogP contribution in [0.1, 0.15) is 32.8 Å². The topological polar surface area (TPSA) is 12.0 Å². The van der Waals surface area contributed by atoms with Crippen molar-refractivity contribution in [3.8, 4) is 0 Å². The van der Waals surface area contributed by atoms with Crippen LogP contribution < -0.4 is 5.32 Å². The van der Waals surface area contributed by atoms with Gasteiger partial charge in [0.05, 0.1) is 0 Å². The standard InChI is InChI=1S/C15H25NS3/c1-4-16-14(6-5-13-7-8-17-9-13)15-10-18-11(2)12(3)19-15/h7-9,11-12,14-16H,4-6,10H2,1-3H3. The molecule has 0 aliphatic carbocycles. The average molecular weight is 316 g/mol. The Balaban J connectivity index is 1.88. The normalized spacial score (nSPS) is 29.3. The van der Waals surface area contributed by atoms with Crippen molar-refractivity contribution in [2.24, 2.45) is 0 Å². The Morgan fingerprint density at radius 3 is 2.84 bits per heavy atom. The van der Waals surface area contributed by atoms with E-state index in [4.69, 9.17) is 0 Å². The number of thioether (sulfide) groups is 2. The first-order valence-corrected chi connectivity index (χ1v) is 10.2. The van der Waals surface area contributed by atoms with Crippen molar-refractivity contribution >= 4 is 34.9 Å². The van der Waals surface area contributed by atoms with Crippen molar-refractivity contribution in [3.05, 3.63) is 22.4 Å². The molecule has 2 heterocycles. The van der Waals surface area contributed by atoms with Crippen LogP contribution in [0.2, 0.25) is 0 Å². The summed E-state index contributed by atoms with van der Waals surface area (Å²) < 4.78 is 0. The van der Waals surface area contributed by atoms with E-state index in [1.54, 1.807) is 0 Å². The third kappa shape index (κ3) is 4.69. The van der Waals surface area contributed by atoms with Gasteiger partial charge in [-0.15, -0.1) is 0 Å². The third-order valence-electron chi connectivity index (χ3n) is 3.81. The van der Waals surface area contributed by atoms with Gasteiger partial charge in [0.25, 0.3) is 0 Å². The lowest BCUT2D eigenvalue weighted by Crippen LogP contribution is -2.43. The molecule has 1 aromatic heterocycles. The maximum atomic E-state index is 3.72. The molecule has 4 unspecified atom stereocenters. The largest absolute Gasteiger partial charge is 0.313 e. The Morgan fingerprint density at radius 2 is 2.21 bits per heavy atom. The van der Waals surface area contributed by atoms with Crippen LogP contribution in [0.4, 0.5) is 0 Å². The maximum absolute atomic E-state index is 3.72. The monoisotopic (exact) mass is 315 g/mol. The SMILES string of the molecule is CCNC(CCc1ccsc1)C1CSC(C)C(C)S1. The molecule has 0 saturated carbocycles. The van der Waals surface area contributed by atoms with Gasteiger partial charge in [-0.25, -0.2) is 0 Å². The highest BCUT2D eigenvalue weighted by atomic mass is 32.2. The number of hydrogen-bond donors (Lipinski definition) is 1. The molecular formula is C15H25NS3. The fourth-order valence-electron chi connectivity index (χ4n) is 2.46. The minimum Gasteiger partial charge on any atom is -0.313 e. The van der Waals surface area contributed by atoms with Gasteiger partial charge in [0, 0.05) is 27.5 Å². The summed E-state index contributed by atoms with van der Waals surface area (Å²) in [6, 6.07) is 2.93. The lowest BCUT2D eigenvalue weighted by atomic mass is 10.1. The summed E-state index contributed by atoms with van der Waals surface area (Å²) in [6.07, 6.45) is 2.48. The summed E-state index contributed by atoms with van der Waals surface area (Å²) in [7, 11) is 0. The van der Waals surface area contributed by atoms with Crippen LogP contribution in [-0.4, -0.2) is 34.1 Å². The quantitative estimate of drug-likeness (QED) is 0.841. The second-order valence-electron chi connectivity index (χ2n) is 5.25. The molecule has 0 bridgehead atoms. The Kier molecular flexibility index (Phi) is 6.60. The van der Waals surface area contributed by atoms with Gasteiger partial charge in [0.2, 0.25) is 0 Å². The van der Waals surface area contributed by atoms with Crippen LogP contribution in [0.3, 0.4) is 0 Å². The van der Waals surface area contributed by atoms with Gasteiger partial charge in [-0.3, -0.25) is 0 Å². The van der Waals surface area contributed by atoms with E-state index in [-0.39, 0.29) is 0 Å². The van der Waals surface area contributed by atoms with E-state index < -0.39 is 0 Å². The van der Waals surface area contributed by atoms with Gasteiger partial charge in [0.1, 0.15) is 0 Å². The molecule has 1 aromatic rings. The average Bonchev–Trinajstić information content (AvgIpc) is 2.91. The van der Waals surface area contributed by atoms with Crippen molar-refractivity contribution in [3.63, 3.8) is 0 Å². The molecular weight excluding hydrogens is 290 g/mol. The second-order valence-corrected chi connectivity index (χ2v) is 9.06. The molecule has 4 atom stereocenters. The zero-order valence-electron chi connectivity index (χ0n) is 12.1. The predicted octanol–water partition coefficient (Wildman–Crippen LogP) is 4.28. The van der Waals surface area contributed by atoms with Crippen LogP contribution in [0, 0.1) is 0 Å². The first kappa shape index (κ1) is 15.7. The van der Waals surface area contributed by atoms with Gasteiger partial charge in [-0.05, 0) is 41.8 Å². The van der Waals surface area contributed by atoms with E-state index in [9.17, 15) is 0 Å². The molecule has 4 heteroatoms. The van der Waals surface area contributed by atoms with Crippen molar-refractivity contribution in [2.75, 3.05) is 12.3 Å². The fraction of sp³-hybridized carbons (Fsp3) is 0.733. The van der Waals surface area contributed by atoms with E-state index in [0.717, 1.165) is 22.3 Å². The molecule has 1 aliphatic heterocycles. The number of rotatable bonds is 6. The number of nitrogens with one attached hydrogen (secondary N) is 1. The highest BCUT2D eigenvalue weighted by molar-refractivity contribution is 8.07. The molecule has 0 aromatic carbocycles. The van der Waals surface area contributed by atoms with Crippen LogP contribution >= 0.6 is 34.9 Å². The Bertz CT molecular complexity index is 352. The van der Waals surface area contributed by atoms with E-state index in [2.05, 4.69) is 66.4 Å². The molecule has 1 nitrogen and oxygen atoms in total. The van der Waals surface area contributed by atoms with Gasteiger partial charge in [0.15, 0.2) is 0 Å². The van der Waals surface area contributed by atoms with E-state index in [1.165, 1.54) is 24.2 Å². The van der Waals surface area contributed by atoms with Gasteiger partial charge >= 0.3 is 0 Å². The summed E-state index contributed by atoms with van der Waals surface area (Å²) in [6.45, 7) is 8.06. The predicted molar refractivity (Wildman–Crippen MR) is 92.9 cm³/mol. The molecule has 19 heavy (non-hydrogen) atoms. The summed E-state index contributed by atoms with van der Waals surface area (Å²) in [4.78, 5) is 0. The molecule has 2 rings (SSSR count). The first-order chi connectivity index (χ1) is 9.20. The molecule has 108 valence electrons. The van der Waals surface area contributed by atoms with Crippen molar-refractivity contribution in [1.29, 1.82) is 0 Å². The first-order valence-electron chi connectivity index (χ1n) is 7.22. The van der Waals surface area contributed by atoms with Crippen LogP contribution in [0.5, 0.6) is 0 Å². The summed E-state index contributed by atoms with van der Waals surface area (Å²) in [5.41, 5.74) is 1.50. The lowest BCUT2D eigenvalue weighted by molar-refractivity contribution is 0.490. The molecule has 1 aliphatic rings. The summed E-state index contributed by atoms with van der Waals surface area (Å²) in [5, 5.41) is 10.6. The minimum atomic E-state index is 0.664. The van der Waals surface area contributed by atoms with Gasteiger partial charge in [-0.2, -0.15) is 34.9 Å². The molecule has 0 radical (unpaired) electrons. The van der Waals surface area contributed by atoms with E-state index in [1.807, 2.05) is 11.3 Å². The molecule has 1 saturated heterocycles. The van der Waals surface area contributed by atoms with Crippen LogP contribution in [0.15, 0.2) is 16.8 Å².